The number of benzene rings is 2. The van der Waals surface area contributed by atoms with Crippen LogP contribution in [0.4, 0.5) is 5.69 Å². The lowest BCUT2D eigenvalue weighted by Gasteiger charge is -2.15. The van der Waals surface area contributed by atoms with Crippen molar-refractivity contribution in [2.75, 3.05) is 26.6 Å². The van der Waals surface area contributed by atoms with Crippen LogP contribution >= 0.6 is 0 Å². The summed E-state index contributed by atoms with van der Waals surface area (Å²) in [5.41, 5.74) is 4.31. The lowest BCUT2D eigenvalue weighted by molar-refractivity contribution is -0.115. The third-order valence-electron chi connectivity index (χ3n) is 4.52. The molecule has 0 spiro atoms. The topological polar surface area (TPSA) is 56.8 Å². The molecular weight excluding hydrogens is 318 g/mol. The van der Waals surface area contributed by atoms with Gasteiger partial charge < -0.3 is 19.5 Å². The van der Waals surface area contributed by atoms with Crippen molar-refractivity contribution in [3.05, 3.63) is 47.0 Å². The summed E-state index contributed by atoms with van der Waals surface area (Å²) in [6.45, 7) is 0. The minimum absolute atomic E-state index is 0.0940. The minimum Gasteiger partial charge on any atom is -0.493 e. The number of methoxy groups -OCH3 is 3. The van der Waals surface area contributed by atoms with Gasteiger partial charge in [0.2, 0.25) is 11.7 Å². The molecule has 0 fully saturated rings. The molecule has 2 aromatic rings. The van der Waals surface area contributed by atoms with Crippen LogP contribution in [0.3, 0.4) is 0 Å². The highest BCUT2D eigenvalue weighted by Crippen LogP contribution is 2.40. The number of carbonyl (C=O) groups is 1. The van der Waals surface area contributed by atoms with Crippen LogP contribution in [-0.4, -0.2) is 27.2 Å². The number of rotatable bonds is 6. The molecule has 0 bridgehead atoms. The maximum absolute atomic E-state index is 12.5. The van der Waals surface area contributed by atoms with Crippen molar-refractivity contribution in [2.24, 2.45) is 0 Å². The molecule has 0 aliphatic heterocycles. The third kappa shape index (κ3) is 3.55. The lowest BCUT2D eigenvalue weighted by atomic mass is 10.1. The smallest absolute Gasteiger partial charge is 0.228 e. The molecule has 0 atom stereocenters. The van der Waals surface area contributed by atoms with Crippen molar-refractivity contribution in [1.82, 2.24) is 0 Å². The molecule has 0 saturated heterocycles. The summed E-state index contributed by atoms with van der Waals surface area (Å²) in [4.78, 5) is 12.5. The summed E-state index contributed by atoms with van der Waals surface area (Å²) >= 11 is 0. The van der Waals surface area contributed by atoms with E-state index in [0.29, 0.717) is 17.2 Å². The molecule has 0 radical (unpaired) electrons. The van der Waals surface area contributed by atoms with Gasteiger partial charge in [0, 0.05) is 11.3 Å². The number of aryl methyl sites for hydroxylation is 2. The van der Waals surface area contributed by atoms with Gasteiger partial charge in [-0.2, -0.15) is 0 Å². The molecule has 1 N–H and O–H groups in total. The van der Waals surface area contributed by atoms with Crippen molar-refractivity contribution >= 4 is 11.6 Å². The normalized spacial score (nSPS) is 12.4. The molecule has 0 aromatic heterocycles. The van der Waals surface area contributed by atoms with Crippen LogP contribution in [0.1, 0.15) is 23.1 Å². The van der Waals surface area contributed by atoms with Crippen molar-refractivity contribution in [1.29, 1.82) is 0 Å². The van der Waals surface area contributed by atoms with E-state index in [9.17, 15) is 4.79 Å². The zero-order chi connectivity index (χ0) is 17.8. The Morgan fingerprint density at radius 2 is 1.72 bits per heavy atom. The largest absolute Gasteiger partial charge is 0.493 e. The van der Waals surface area contributed by atoms with Crippen LogP contribution in [0.5, 0.6) is 17.2 Å². The van der Waals surface area contributed by atoms with Crippen molar-refractivity contribution < 1.29 is 19.0 Å². The monoisotopic (exact) mass is 341 g/mol. The average Bonchev–Trinajstić information content (AvgIpc) is 3.08. The van der Waals surface area contributed by atoms with E-state index in [1.807, 2.05) is 12.1 Å². The Morgan fingerprint density at radius 3 is 2.44 bits per heavy atom. The van der Waals surface area contributed by atoms with Crippen LogP contribution < -0.4 is 19.5 Å². The number of nitrogens with one attached hydrogen (secondary N) is 1. The number of ether oxygens (including phenoxy) is 3. The summed E-state index contributed by atoms with van der Waals surface area (Å²) in [5, 5.41) is 2.97. The van der Waals surface area contributed by atoms with Crippen LogP contribution in [0, 0.1) is 0 Å². The van der Waals surface area contributed by atoms with Crippen molar-refractivity contribution in [2.45, 2.75) is 25.7 Å². The van der Waals surface area contributed by atoms with Gasteiger partial charge in [0.25, 0.3) is 0 Å². The molecule has 0 unspecified atom stereocenters. The fourth-order valence-electron chi connectivity index (χ4n) is 3.33. The van der Waals surface area contributed by atoms with E-state index in [1.54, 1.807) is 27.4 Å². The molecule has 1 aliphatic carbocycles. The molecule has 2 aromatic carbocycles. The number of carbonyl (C=O) groups excluding carboxylic acids is 1. The second-order valence-electron chi connectivity index (χ2n) is 6.06. The van der Waals surface area contributed by atoms with E-state index in [4.69, 9.17) is 14.2 Å². The summed E-state index contributed by atoms with van der Waals surface area (Å²) < 4.78 is 16.1. The van der Waals surface area contributed by atoms with E-state index >= 15 is 0 Å². The van der Waals surface area contributed by atoms with E-state index in [-0.39, 0.29) is 12.3 Å². The van der Waals surface area contributed by atoms with Crippen LogP contribution in [0.2, 0.25) is 0 Å². The number of hydrogen-bond donors (Lipinski definition) is 1. The van der Waals surface area contributed by atoms with Crippen LogP contribution in [0.15, 0.2) is 30.3 Å². The summed E-state index contributed by atoms with van der Waals surface area (Å²) in [6.07, 6.45) is 3.60. The van der Waals surface area contributed by atoms with Gasteiger partial charge in [0.1, 0.15) is 0 Å². The standard InChI is InChI=1S/C20H23NO4/c1-23-17-10-8-15(19(24-2)20(17)25-3)12-18(22)21-16-9-7-13-5-4-6-14(13)11-16/h7-11H,4-6,12H2,1-3H3,(H,21,22). The molecule has 3 rings (SSSR count). The van der Waals surface area contributed by atoms with Crippen LogP contribution in [0.25, 0.3) is 0 Å². The first-order valence-electron chi connectivity index (χ1n) is 8.35. The maximum Gasteiger partial charge on any atom is 0.228 e. The van der Waals surface area contributed by atoms with E-state index < -0.39 is 0 Å². The molecule has 0 heterocycles. The highest BCUT2D eigenvalue weighted by atomic mass is 16.5. The molecule has 1 aliphatic rings. The highest BCUT2D eigenvalue weighted by Gasteiger charge is 2.18. The average molecular weight is 341 g/mol. The first kappa shape index (κ1) is 17.1. The Bertz CT molecular complexity index is 786. The molecule has 1 amide bonds. The molecule has 0 saturated carbocycles. The van der Waals surface area contributed by atoms with Crippen molar-refractivity contribution in [3.63, 3.8) is 0 Å². The predicted molar refractivity (Wildman–Crippen MR) is 96.9 cm³/mol. The van der Waals surface area contributed by atoms with Gasteiger partial charge in [-0.3, -0.25) is 4.79 Å². The van der Waals surface area contributed by atoms with E-state index in [1.165, 1.54) is 17.5 Å². The van der Waals surface area contributed by atoms with Crippen LogP contribution in [-0.2, 0) is 24.1 Å². The summed E-state index contributed by atoms with van der Waals surface area (Å²) in [5.74, 6) is 1.49. The Hall–Kier alpha value is -2.69. The Labute approximate surface area is 147 Å². The Morgan fingerprint density at radius 1 is 0.960 bits per heavy atom. The van der Waals surface area contributed by atoms with E-state index in [2.05, 4.69) is 17.4 Å². The van der Waals surface area contributed by atoms with Gasteiger partial charge in [0.05, 0.1) is 27.8 Å². The molecule has 132 valence electrons. The third-order valence-corrected chi connectivity index (χ3v) is 4.52. The minimum atomic E-state index is -0.0940. The first-order chi connectivity index (χ1) is 12.2. The van der Waals surface area contributed by atoms with Gasteiger partial charge in [-0.25, -0.2) is 0 Å². The predicted octanol–water partition coefficient (Wildman–Crippen LogP) is 3.38. The maximum atomic E-state index is 12.5. The number of fused-ring (bicyclic) bond motifs is 1. The second-order valence-corrected chi connectivity index (χ2v) is 6.06. The molecular formula is C20H23NO4. The Kier molecular flexibility index (Phi) is 5.12. The molecule has 5 nitrogen and oxygen atoms in total. The lowest BCUT2D eigenvalue weighted by Crippen LogP contribution is -2.15. The van der Waals surface area contributed by atoms with Gasteiger partial charge >= 0.3 is 0 Å². The summed E-state index contributed by atoms with van der Waals surface area (Å²) in [6, 6.07) is 9.75. The zero-order valence-electron chi connectivity index (χ0n) is 14.8. The second kappa shape index (κ2) is 7.47. The fourth-order valence-corrected chi connectivity index (χ4v) is 3.33. The zero-order valence-corrected chi connectivity index (χ0v) is 14.8. The van der Waals surface area contributed by atoms with Gasteiger partial charge in [-0.15, -0.1) is 0 Å². The SMILES string of the molecule is COc1ccc(CC(=O)Nc2ccc3c(c2)CCC3)c(OC)c1OC. The van der Waals surface area contributed by atoms with Gasteiger partial charge in [0.15, 0.2) is 11.5 Å². The fraction of sp³-hybridized carbons (Fsp3) is 0.350. The Balaban J connectivity index is 1.76. The van der Waals surface area contributed by atoms with Crippen molar-refractivity contribution in [3.8, 4) is 17.2 Å². The van der Waals surface area contributed by atoms with Gasteiger partial charge in [-0.05, 0) is 48.6 Å². The number of hydrogen-bond acceptors (Lipinski definition) is 4. The quantitative estimate of drug-likeness (QED) is 0.875. The van der Waals surface area contributed by atoms with E-state index in [0.717, 1.165) is 24.1 Å². The molecule has 25 heavy (non-hydrogen) atoms. The summed E-state index contributed by atoms with van der Waals surface area (Å²) in [7, 11) is 4.67. The number of anilines is 1. The van der Waals surface area contributed by atoms with Gasteiger partial charge in [-0.1, -0.05) is 12.1 Å². The molecule has 5 heteroatoms. The first-order valence-corrected chi connectivity index (χ1v) is 8.35. The highest BCUT2D eigenvalue weighted by molar-refractivity contribution is 5.93. The number of amides is 1.